The summed E-state index contributed by atoms with van der Waals surface area (Å²) in [6.07, 6.45) is 5.66. The van der Waals surface area contributed by atoms with Gasteiger partial charge in [-0.1, -0.05) is 24.3 Å². The van der Waals surface area contributed by atoms with Crippen LogP contribution in [0.4, 0.5) is 0 Å². The molecule has 0 aliphatic heterocycles. The third-order valence-corrected chi connectivity index (χ3v) is 3.10. The van der Waals surface area contributed by atoms with Gasteiger partial charge >= 0.3 is 0 Å². The fraction of sp³-hybridized carbons (Fsp3) is 0. The van der Waals surface area contributed by atoms with E-state index in [1.165, 1.54) is 10.8 Å². The Morgan fingerprint density at radius 3 is 2.94 bits per heavy atom. The summed E-state index contributed by atoms with van der Waals surface area (Å²) in [6.45, 7) is 0. The molecule has 0 saturated carbocycles. The summed E-state index contributed by atoms with van der Waals surface area (Å²) < 4.78 is 2.11. The fourth-order valence-electron chi connectivity index (χ4n) is 2.29. The summed E-state index contributed by atoms with van der Waals surface area (Å²) in [7, 11) is 0. The van der Waals surface area contributed by atoms with E-state index in [-0.39, 0.29) is 0 Å². The molecule has 0 atom stereocenters. The second-order valence-corrected chi connectivity index (χ2v) is 4.07. The Morgan fingerprint density at radius 1 is 1.00 bits per heavy atom. The molecular weight excluding hydrogens is 210 g/mol. The molecule has 0 saturated heterocycles. The van der Waals surface area contributed by atoms with E-state index < -0.39 is 0 Å². The van der Waals surface area contributed by atoms with Crippen LogP contribution in [0.25, 0.3) is 27.5 Å². The van der Waals surface area contributed by atoms with Crippen LogP contribution in [0.2, 0.25) is 0 Å². The molecule has 4 rings (SSSR count). The van der Waals surface area contributed by atoms with E-state index in [0.29, 0.717) is 0 Å². The monoisotopic (exact) mass is 219 g/mol. The van der Waals surface area contributed by atoms with Gasteiger partial charge in [0.15, 0.2) is 0 Å². The molecule has 3 heterocycles. The van der Waals surface area contributed by atoms with Crippen molar-refractivity contribution in [2.45, 2.75) is 0 Å². The minimum atomic E-state index is 0.934. The van der Waals surface area contributed by atoms with E-state index in [4.69, 9.17) is 0 Å². The summed E-state index contributed by atoms with van der Waals surface area (Å²) in [5.74, 6) is 0. The van der Waals surface area contributed by atoms with Crippen LogP contribution in [-0.4, -0.2) is 14.4 Å². The zero-order valence-electron chi connectivity index (χ0n) is 9.04. The van der Waals surface area contributed by atoms with E-state index in [1.807, 2.05) is 18.2 Å². The Kier molecular flexibility index (Phi) is 1.56. The number of rotatable bonds is 0. The Hall–Kier alpha value is -2.42. The summed E-state index contributed by atoms with van der Waals surface area (Å²) in [5.41, 5.74) is 3.02. The summed E-state index contributed by atoms with van der Waals surface area (Å²) in [4.78, 5) is 8.76. The van der Waals surface area contributed by atoms with E-state index >= 15 is 0 Å². The summed E-state index contributed by atoms with van der Waals surface area (Å²) in [6, 6.07) is 12.4. The predicted molar refractivity (Wildman–Crippen MR) is 68.0 cm³/mol. The molecule has 0 N–H and O–H groups in total. The fourth-order valence-corrected chi connectivity index (χ4v) is 2.29. The van der Waals surface area contributed by atoms with Gasteiger partial charge in [0.25, 0.3) is 0 Å². The highest BCUT2D eigenvalue weighted by atomic mass is 15.0. The lowest BCUT2D eigenvalue weighted by Crippen LogP contribution is -1.85. The zero-order valence-corrected chi connectivity index (χ0v) is 9.04. The second-order valence-electron chi connectivity index (χ2n) is 4.07. The van der Waals surface area contributed by atoms with Crippen molar-refractivity contribution >= 4 is 27.5 Å². The highest BCUT2D eigenvalue weighted by molar-refractivity contribution is 5.97. The van der Waals surface area contributed by atoms with Crippen molar-refractivity contribution in [2.24, 2.45) is 0 Å². The normalized spacial score (nSPS) is 11.5. The molecule has 3 nitrogen and oxygen atoms in total. The van der Waals surface area contributed by atoms with Gasteiger partial charge in [0, 0.05) is 17.8 Å². The van der Waals surface area contributed by atoms with Crippen LogP contribution in [0.15, 0.2) is 55.0 Å². The van der Waals surface area contributed by atoms with Gasteiger partial charge in [0.1, 0.15) is 11.2 Å². The van der Waals surface area contributed by atoms with Crippen molar-refractivity contribution in [2.75, 3.05) is 0 Å². The first-order chi connectivity index (χ1) is 8.43. The first kappa shape index (κ1) is 8.70. The lowest BCUT2D eigenvalue weighted by molar-refractivity contribution is 1.24. The number of benzene rings is 1. The largest absolute Gasteiger partial charge is 0.299 e. The van der Waals surface area contributed by atoms with Gasteiger partial charge in [-0.05, 0) is 17.5 Å². The quantitative estimate of drug-likeness (QED) is 0.455. The molecule has 17 heavy (non-hydrogen) atoms. The Morgan fingerprint density at radius 2 is 1.94 bits per heavy atom. The maximum absolute atomic E-state index is 4.64. The molecule has 3 heteroatoms. The molecule has 3 aromatic heterocycles. The number of nitrogens with zero attached hydrogens (tertiary/aromatic N) is 3. The van der Waals surface area contributed by atoms with Crippen LogP contribution in [0.1, 0.15) is 0 Å². The standard InChI is InChI=1S/C14H9N3/c1-2-4-11-10(3-1)6-8-17-13-5-7-15-9-12(13)16-14(11)17/h1-9H. The van der Waals surface area contributed by atoms with E-state index in [9.17, 15) is 0 Å². The first-order valence-electron chi connectivity index (χ1n) is 5.53. The number of hydrogen-bond donors (Lipinski definition) is 0. The maximum atomic E-state index is 4.64. The highest BCUT2D eigenvalue weighted by Gasteiger charge is 2.06. The highest BCUT2D eigenvalue weighted by Crippen LogP contribution is 2.23. The van der Waals surface area contributed by atoms with Crippen LogP contribution in [-0.2, 0) is 0 Å². The van der Waals surface area contributed by atoms with Crippen LogP contribution in [0, 0.1) is 0 Å². The molecule has 0 unspecified atom stereocenters. The molecule has 0 radical (unpaired) electrons. The molecule has 0 spiro atoms. The molecule has 0 amide bonds. The van der Waals surface area contributed by atoms with Gasteiger partial charge in [-0.3, -0.25) is 9.38 Å². The number of fused-ring (bicyclic) bond motifs is 5. The van der Waals surface area contributed by atoms with Crippen molar-refractivity contribution in [1.82, 2.24) is 14.4 Å². The molecule has 0 aliphatic carbocycles. The van der Waals surface area contributed by atoms with Crippen molar-refractivity contribution in [1.29, 1.82) is 0 Å². The lowest BCUT2D eigenvalue weighted by atomic mass is 10.2. The number of aromatic nitrogens is 3. The number of imidazole rings is 1. The van der Waals surface area contributed by atoms with Gasteiger partial charge in [-0.15, -0.1) is 0 Å². The minimum Gasteiger partial charge on any atom is -0.299 e. The third kappa shape index (κ3) is 1.11. The van der Waals surface area contributed by atoms with Crippen LogP contribution in [0.5, 0.6) is 0 Å². The lowest BCUT2D eigenvalue weighted by Gasteiger charge is -2.00. The average molecular weight is 219 g/mol. The van der Waals surface area contributed by atoms with Gasteiger partial charge in [-0.25, -0.2) is 4.98 Å². The van der Waals surface area contributed by atoms with Crippen LogP contribution >= 0.6 is 0 Å². The molecule has 0 bridgehead atoms. The van der Waals surface area contributed by atoms with Crippen LogP contribution in [0.3, 0.4) is 0 Å². The maximum Gasteiger partial charge on any atom is 0.145 e. The summed E-state index contributed by atoms with van der Waals surface area (Å²) in [5, 5.41) is 2.38. The van der Waals surface area contributed by atoms with Gasteiger partial charge in [0.05, 0.1) is 11.7 Å². The second kappa shape index (κ2) is 3.04. The van der Waals surface area contributed by atoms with Gasteiger partial charge in [-0.2, -0.15) is 0 Å². The first-order valence-corrected chi connectivity index (χ1v) is 5.53. The minimum absolute atomic E-state index is 0.934. The third-order valence-electron chi connectivity index (χ3n) is 3.10. The van der Waals surface area contributed by atoms with Gasteiger partial charge < -0.3 is 0 Å². The predicted octanol–water partition coefficient (Wildman–Crippen LogP) is 3.04. The van der Waals surface area contributed by atoms with E-state index in [2.05, 4.69) is 38.8 Å². The molecule has 0 fully saturated rings. The Bertz CT molecular complexity index is 846. The smallest absolute Gasteiger partial charge is 0.145 e. The average Bonchev–Trinajstić information content (AvgIpc) is 2.78. The van der Waals surface area contributed by atoms with Gasteiger partial charge in [0.2, 0.25) is 0 Å². The molecule has 4 aromatic rings. The van der Waals surface area contributed by atoms with Crippen molar-refractivity contribution in [3.05, 3.63) is 55.0 Å². The number of hydrogen-bond acceptors (Lipinski definition) is 2. The van der Waals surface area contributed by atoms with E-state index in [0.717, 1.165) is 16.7 Å². The molecular formula is C14H9N3. The molecule has 0 aliphatic rings. The zero-order chi connectivity index (χ0) is 11.2. The summed E-state index contributed by atoms with van der Waals surface area (Å²) >= 11 is 0. The van der Waals surface area contributed by atoms with Crippen molar-refractivity contribution < 1.29 is 0 Å². The van der Waals surface area contributed by atoms with E-state index in [1.54, 1.807) is 12.4 Å². The Balaban J connectivity index is 2.34. The van der Waals surface area contributed by atoms with Crippen LogP contribution < -0.4 is 0 Å². The van der Waals surface area contributed by atoms with Crippen molar-refractivity contribution in [3.8, 4) is 0 Å². The topological polar surface area (TPSA) is 30.2 Å². The Labute approximate surface area is 97.4 Å². The SMILES string of the molecule is c1ccc2c(c1)ccn1c3ccncc3nc21. The number of pyridine rings is 2. The molecule has 80 valence electrons. The molecule has 1 aromatic carbocycles. The van der Waals surface area contributed by atoms with Crippen molar-refractivity contribution in [3.63, 3.8) is 0 Å².